The van der Waals surface area contributed by atoms with Gasteiger partial charge in [-0.3, -0.25) is 0 Å². The van der Waals surface area contributed by atoms with Crippen LogP contribution in [0.15, 0.2) is 36.4 Å². The van der Waals surface area contributed by atoms with E-state index in [9.17, 15) is 9.18 Å². The molecular formula is C14H7ClFNO2. The summed E-state index contributed by atoms with van der Waals surface area (Å²) in [5.74, 6) is -1.76. The maximum absolute atomic E-state index is 13.4. The first-order valence-corrected chi connectivity index (χ1v) is 5.63. The van der Waals surface area contributed by atoms with Gasteiger partial charge in [-0.2, -0.15) is 5.26 Å². The lowest BCUT2D eigenvalue weighted by Crippen LogP contribution is -2.00. The van der Waals surface area contributed by atoms with Crippen molar-refractivity contribution in [3.8, 4) is 17.2 Å². The smallest absolute Gasteiger partial charge is 0.336 e. The lowest BCUT2D eigenvalue weighted by molar-refractivity contribution is 0.0697. The maximum Gasteiger partial charge on any atom is 0.336 e. The highest BCUT2D eigenvalue weighted by atomic mass is 35.5. The summed E-state index contributed by atoms with van der Waals surface area (Å²) in [6, 6.07) is 9.80. The number of rotatable bonds is 2. The van der Waals surface area contributed by atoms with E-state index in [-0.39, 0.29) is 16.1 Å². The Kier molecular flexibility index (Phi) is 3.50. The Morgan fingerprint density at radius 3 is 2.63 bits per heavy atom. The van der Waals surface area contributed by atoms with Crippen LogP contribution in [0.25, 0.3) is 11.1 Å². The molecular weight excluding hydrogens is 269 g/mol. The highest BCUT2D eigenvalue weighted by Gasteiger charge is 2.13. The van der Waals surface area contributed by atoms with Crippen LogP contribution in [0.2, 0.25) is 5.02 Å². The molecule has 2 aromatic rings. The van der Waals surface area contributed by atoms with E-state index in [2.05, 4.69) is 0 Å². The average molecular weight is 276 g/mol. The molecule has 0 atom stereocenters. The SMILES string of the molecule is N#Cc1cc(F)cc(-c2ccc(Cl)cc2C(=O)O)c1. The van der Waals surface area contributed by atoms with E-state index in [0.717, 1.165) is 6.07 Å². The van der Waals surface area contributed by atoms with Gasteiger partial charge in [0.15, 0.2) is 0 Å². The van der Waals surface area contributed by atoms with Crippen molar-refractivity contribution in [2.24, 2.45) is 0 Å². The van der Waals surface area contributed by atoms with Gasteiger partial charge in [-0.15, -0.1) is 0 Å². The van der Waals surface area contributed by atoms with Crippen LogP contribution in [0.3, 0.4) is 0 Å². The summed E-state index contributed by atoms with van der Waals surface area (Å²) in [5, 5.41) is 18.2. The fraction of sp³-hybridized carbons (Fsp3) is 0. The molecule has 1 N–H and O–H groups in total. The Morgan fingerprint density at radius 1 is 1.26 bits per heavy atom. The van der Waals surface area contributed by atoms with Gasteiger partial charge in [0.05, 0.1) is 17.2 Å². The van der Waals surface area contributed by atoms with Crippen LogP contribution in [0.5, 0.6) is 0 Å². The molecule has 0 aliphatic carbocycles. The number of carbonyl (C=O) groups is 1. The molecule has 0 spiro atoms. The van der Waals surface area contributed by atoms with Crippen LogP contribution in [-0.4, -0.2) is 11.1 Å². The fourth-order valence-electron chi connectivity index (χ4n) is 1.75. The lowest BCUT2D eigenvalue weighted by Gasteiger charge is -2.07. The molecule has 5 heteroatoms. The average Bonchev–Trinajstić information content (AvgIpc) is 2.37. The molecule has 0 radical (unpaired) electrons. The first-order chi connectivity index (χ1) is 9.01. The molecule has 0 aliphatic rings. The molecule has 0 amide bonds. The van der Waals surface area contributed by atoms with E-state index in [0.29, 0.717) is 11.1 Å². The van der Waals surface area contributed by atoms with E-state index < -0.39 is 11.8 Å². The minimum absolute atomic E-state index is 0.0398. The molecule has 0 fully saturated rings. The van der Waals surface area contributed by atoms with Crippen molar-refractivity contribution in [3.63, 3.8) is 0 Å². The predicted molar refractivity (Wildman–Crippen MR) is 68.5 cm³/mol. The second-order valence-electron chi connectivity index (χ2n) is 3.84. The number of hydrogen-bond acceptors (Lipinski definition) is 2. The fourth-order valence-corrected chi connectivity index (χ4v) is 1.93. The third-order valence-corrected chi connectivity index (χ3v) is 2.79. The Bertz CT molecular complexity index is 707. The van der Waals surface area contributed by atoms with Gasteiger partial charge < -0.3 is 5.11 Å². The Hall–Kier alpha value is -2.38. The third-order valence-electron chi connectivity index (χ3n) is 2.55. The van der Waals surface area contributed by atoms with Gasteiger partial charge in [-0.05, 0) is 41.5 Å². The molecule has 2 rings (SSSR count). The van der Waals surface area contributed by atoms with E-state index in [1.807, 2.05) is 6.07 Å². The first-order valence-electron chi connectivity index (χ1n) is 5.25. The number of carboxylic acid groups (broad SMARTS) is 1. The molecule has 0 saturated heterocycles. The molecule has 0 aliphatic heterocycles. The Balaban J connectivity index is 2.69. The van der Waals surface area contributed by atoms with Crippen molar-refractivity contribution < 1.29 is 14.3 Å². The predicted octanol–water partition coefficient (Wildman–Crippen LogP) is 3.72. The number of nitrogens with zero attached hydrogens (tertiary/aromatic N) is 1. The topological polar surface area (TPSA) is 61.1 Å². The highest BCUT2D eigenvalue weighted by molar-refractivity contribution is 6.31. The zero-order valence-electron chi connectivity index (χ0n) is 9.52. The molecule has 19 heavy (non-hydrogen) atoms. The lowest BCUT2D eigenvalue weighted by atomic mass is 9.98. The monoisotopic (exact) mass is 275 g/mol. The van der Waals surface area contributed by atoms with Crippen molar-refractivity contribution >= 4 is 17.6 Å². The Morgan fingerprint density at radius 2 is 2.00 bits per heavy atom. The summed E-state index contributed by atoms with van der Waals surface area (Å²) in [5.41, 5.74) is 0.724. The maximum atomic E-state index is 13.4. The summed E-state index contributed by atoms with van der Waals surface area (Å²) in [7, 11) is 0. The van der Waals surface area contributed by atoms with Gasteiger partial charge in [-0.25, -0.2) is 9.18 Å². The number of hydrogen-bond donors (Lipinski definition) is 1. The molecule has 0 heterocycles. The molecule has 94 valence electrons. The van der Waals surface area contributed by atoms with Gasteiger partial charge in [0, 0.05) is 5.02 Å². The van der Waals surface area contributed by atoms with Gasteiger partial charge in [0.2, 0.25) is 0 Å². The second kappa shape index (κ2) is 5.09. The van der Waals surface area contributed by atoms with E-state index in [4.69, 9.17) is 22.0 Å². The summed E-state index contributed by atoms with van der Waals surface area (Å²) >= 11 is 5.75. The van der Waals surface area contributed by atoms with Gasteiger partial charge in [-0.1, -0.05) is 17.7 Å². The van der Waals surface area contributed by atoms with Gasteiger partial charge >= 0.3 is 5.97 Å². The highest BCUT2D eigenvalue weighted by Crippen LogP contribution is 2.28. The standard InChI is InChI=1S/C14H7ClFNO2/c15-10-1-2-12(13(6-10)14(18)19)9-3-8(7-17)4-11(16)5-9/h1-6H,(H,18,19). The van der Waals surface area contributed by atoms with Crippen molar-refractivity contribution in [1.29, 1.82) is 5.26 Å². The van der Waals surface area contributed by atoms with E-state index in [1.54, 1.807) is 0 Å². The van der Waals surface area contributed by atoms with Crippen molar-refractivity contribution in [2.75, 3.05) is 0 Å². The number of benzene rings is 2. The van der Waals surface area contributed by atoms with Crippen LogP contribution in [0, 0.1) is 17.1 Å². The van der Waals surface area contributed by atoms with E-state index >= 15 is 0 Å². The number of carboxylic acids is 1. The molecule has 0 aromatic heterocycles. The van der Waals surface area contributed by atoms with Gasteiger partial charge in [0.25, 0.3) is 0 Å². The number of halogens is 2. The largest absolute Gasteiger partial charge is 0.478 e. The third kappa shape index (κ3) is 2.72. The molecule has 0 saturated carbocycles. The molecule has 0 bridgehead atoms. The number of aromatic carboxylic acids is 1. The minimum Gasteiger partial charge on any atom is -0.478 e. The summed E-state index contributed by atoms with van der Waals surface area (Å²) in [6.45, 7) is 0. The van der Waals surface area contributed by atoms with Crippen LogP contribution in [0.1, 0.15) is 15.9 Å². The van der Waals surface area contributed by atoms with Crippen LogP contribution in [-0.2, 0) is 0 Å². The number of nitriles is 1. The van der Waals surface area contributed by atoms with Gasteiger partial charge in [0.1, 0.15) is 5.82 Å². The minimum atomic E-state index is -1.17. The normalized spacial score (nSPS) is 9.95. The zero-order valence-corrected chi connectivity index (χ0v) is 10.3. The second-order valence-corrected chi connectivity index (χ2v) is 4.27. The van der Waals surface area contributed by atoms with Crippen molar-refractivity contribution in [1.82, 2.24) is 0 Å². The van der Waals surface area contributed by atoms with Crippen molar-refractivity contribution in [3.05, 3.63) is 58.4 Å². The molecule has 0 unspecified atom stereocenters. The quantitative estimate of drug-likeness (QED) is 0.909. The molecule has 2 aromatic carbocycles. The zero-order chi connectivity index (χ0) is 14.0. The van der Waals surface area contributed by atoms with Crippen LogP contribution in [0.4, 0.5) is 4.39 Å². The van der Waals surface area contributed by atoms with Crippen molar-refractivity contribution in [2.45, 2.75) is 0 Å². The van der Waals surface area contributed by atoms with E-state index in [1.165, 1.54) is 30.3 Å². The summed E-state index contributed by atoms with van der Waals surface area (Å²) in [4.78, 5) is 11.2. The molecule has 3 nitrogen and oxygen atoms in total. The summed E-state index contributed by atoms with van der Waals surface area (Å²) < 4.78 is 13.4. The Labute approximate surface area is 113 Å². The van der Waals surface area contributed by atoms with Crippen LogP contribution < -0.4 is 0 Å². The first kappa shape index (κ1) is 13.1. The van der Waals surface area contributed by atoms with Crippen LogP contribution >= 0.6 is 11.6 Å². The summed E-state index contributed by atoms with van der Waals surface area (Å²) in [6.07, 6.45) is 0.